The molecule has 25 heavy (non-hydrogen) atoms. The predicted molar refractivity (Wildman–Crippen MR) is 103 cm³/mol. The Hall–Kier alpha value is -2.40. The minimum absolute atomic E-state index is 0.279. The lowest BCUT2D eigenvalue weighted by Gasteiger charge is -2.26. The molecule has 3 rings (SSSR count). The van der Waals surface area contributed by atoms with E-state index in [1.54, 1.807) is 6.20 Å². The van der Waals surface area contributed by atoms with Crippen molar-refractivity contribution < 1.29 is 0 Å². The van der Waals surface area contributed by atoms with Gasteiger partial charge in [-0.15, -0.1) is 0 Å². The molecule has 2 heterocycles. The number of aromatic nitrogens is 3. The van der Waals surface area contributed by atoms with Crippen LogP contribution in [0, 0.1) is 6.92 Å². The van der Waals surface area contributed by atoms with Crippen LogP contribution < -0.4 is 5.32 Å². The maximum absolute atomic E-state index is 4.68. The van der Waals surface area contributed by atoms with E-state index in [0.29, 0.717) is 5.92 Å². The Morgan fingerprint density at radius 3 is 2.64 bits per heavy atom. The number of rotatable bonds is 6. The Kier molecular flexibility index (Phi) is 5.04. The average molecular weight is 337 g/mol. The van der Waals surface area contributed by atoms with E-state index in [1.807, 2.05) is 10.6 Å². The van der Waals surface area contributed by atoms with Crippen LogP contribution in [0.2, 0.25) is 0 Å². The van der Waals surface area contributed by atoms with Gasteiger partial charge in [0.25, 0.3) is 0 Å². The monoisotopic (exact) mass is 337 g/mol. The van der Waals surface area contributed by atoms with Gasteiger partial charge in [-0.3, -0.25) is 0 Å². The van der Waals surface area contributed by atoms with Gasteiger partial charge in [0.15, 0.2) is 5.65 Å². The van der Waals surface area contributed by atoms with E-state index in [9.17, 15) is 0 Å². The number of likely N-dealkylation sites (N-methyl/N-ethyl adjacent to an activating group) is 1. The van der Waals surface area contributed by atoms with Crippen molar-refractivity contribution in [2.24, 2.45) is 0 Å². The molecule has 0 aliphatic heterocycles. The Balaban J connectivity index is 1.88. The van der Waals surface area contributed by atoms with Gasteiger partial charge in [0.05, 0.1) is 12.2 Å². The largest absolute Gasteiger partial charge is 0.368 e. The summed E-state index contributed by atoms with van der Waals surface area (Å²) in [7, 11) is 4.23. The molecule has 1 aromatic carbocycles. The number of anilines is 1. The Bertz CT molecular complexity index is 850. The molecule has 0 aliphatic carbocycles. The van der Waals surface area contributed by atoms with Crippen LogP contribution >= 0.6 is 0 Å². The molecule has 0 radical (unpaired) electrons. The highest BCUT2D eigenvalue weighted by atomic mass is 15.3. The Morgan fingerprint density at radius 2 is 1.96 bits per heavy atom. The van der Waals surface area contributed by atoms with Crippen LogP contribution in [0.1, 0.15) is 42.6 Å². The maximum atomic E-state index is 4.68. The minimum Gasteiger partial charge on any atom is -0.368 e. The molecule has 0 aliphatic rings. The van der Waals surface area contributed by atoms with Gasteiger partial charge in [-0.05, 0) is 32.5 Å². The van der Waals surface area contributed by atoms with Crippen molar-refractivity contribution in [1.82, 2.24) is 19.5 Å². The first kappa shape index (κ1) is 17.4. The lowest BCUT2D eigenvalue weighted by Crippen LogP contribution is -2.27. The number of aryl methyl sites for hydroxylation is 1. The van der Waals surface area contributed by atoms with Gasteiger partial charge < -0.3 is 10.2 Å². The summed E-state index contributed by atoms with van der Waals surface area (Å²) >= 11 is 0. The van der Waals surface area contributed by atoms with Gasteiger partial charge >= 0.3 is 0 Å². The first-order valence-corrected chi connectivity index (χ1v) is 8.77. The lowest BCUT2D eigenvalue weighted by atomic mass is 10.0. The van der Waals surface area contributed by atoms with Gasteiger partial charge in [-0.1, -0.05) is 43.7 Å². The fourth-order valence-electron chi connectivity index (χ4n) is 3.03. The summed E-state index contributed by atoms with van der Waals surface area (Å²) in [6.45, 7) is 7.25. The van der Waals surface area contributed by atoms with Crippen LogP contribution in [0.15, 0.2) is 42.6 Å². The number of nitrogens with zero attached hydrogens (tertiary/aromatic N) is 4. The molecule has 0 amide bonds. The van der Waals surface area contributed by atoms with Gasteiger partial charge in [0, 0.05) is 24.4 Å². The number of benzene rings is 1. The molecule has 3 aromatic rings. The van der Waals surface area contributed by atoms with Gasteiger partial charge in [0.1, 0.15) is 5.82 Å². The molecule has 1 N–H and O–H groups in total. The van der Waals surface area contributed by atoms with Crippen molar-refractivity contribution in [2.75, 3.05) is 26.0 Å². The van der Waals surface area contributed by atoms with E-state index in [0.717, 1.165) is 23.7 Å². The van der Waals surface area contributed by atoms with Crippen molar-refractivity contribution in [1.29, 1.82) is 0 Å². The van der Waals surface area contributed by atoms with Gasteiger partial charge in [-0.25, -0.2) is 4.98 Å². The van der Waals surface area contributed by atoms with Crippen LogP contribution in [0.4, 0.5) is 5.82 Å². The maximum Gasteiger partial charge on any atom is 0.157 e. The Morgan fingerprint density at radius 1 is 1.16 bits per heavy atom. The fraction of sp³-hybridized carbons (Fsp3) is 0.400. The molecule has 0 spiro atoms. The second-order valence-electron chi connectivity index (χ2n) is 7.10. The summed E-state index contributed by atoms with van der Waals surface area (Å²) in [4.78, 5) is 6.92. The van der Waals surface area contributed by atoms with E-state index >= 15 is 0 Å². The van der Waals surface area contributed by atoms with E-state index < -0.39 is 0 Å². The highest BCUT2D eigenvalue weighted by Gasteiger charge is 2.16. The molecule has 0 bridgehead atoms. The SMILES string of the molecule is Cc1cccc(C(CNc2cc(C(C)C)nc3ccnn23)N(C)C)c1. The second kappa shape index (κ2) is 7.23. The minimum atomic E-state index is 0.279. The van der Waals surface area contributed by atoms with Crippen molar-refractivity contribution in [3.05, 3.63) is 59.4 Å². The van der Waals surface area contributed by atoms with Crippen molar-refractivity contribution in [2.45, 2.75) is 32.7 Å². The summed E-state index contributed by atoms with van der Waals surface area (Å²) in [5.74, 6) is 1.36. The molecular weight excluding hydrogens is 310 g/mol. The van der Waals surface area contributed by atoms with Crippen molar-refractivity contribution in [3.8, 4) is 0 Å². The predicted octanol–water partition coefficient (Wildman–Crippen LogP) is 3.88. The third-order valence-corrected chi connectivity index (χ3v) is 4.50. The third-order valence-electron chi connectivity index (χ3n) is 4.50. The highest BCUT2D eigenvalue weighted by Crippen LogP contribution is 2.22. The molecule has 0 saturated carbocycles. The number of hydrogen-bond acceptors (Lipinski definition) is 4. The number of hydrogen-bond donors (Lipinski definition) is 1. The van der Waals surface area contributed by atoms with Crippen molar-refractivity contribution >= 4 is 11.5 Å². The van der Waals surface area contributed by atoms with Crippen LogP contribution in [0.3, 0.4) is 0 Å². The van der Waals surface area contributed by atoms with Gasteiger partial charge in [-0.2, -0.15) is 9.61 Å². The van der Waals surface area contributed by atoms with E-state index in [-0.39, 0.29) is 6.04 Å². The first-order valence-electron chi connectivity index (χ1n) is 8.77. The summed E-state index contributed by atoms with van der Waals surface area (Å²) < 4.78 is 1.87. The zero-order valence-electron chi connectivity index (χ0n) is 15.7. The molecular formula is C20H27N5. The molecule has 5 heteroatoms. The Labute approximate surface area is 149 Å². The quantitative estimate of drug-likeness (QED) is 0.741. The van der Waals surface area contributed by atoms with Crippen LogP contribution in [-0.4, -0.2) is 40.1 Å². The normalized spacial score (nSPS) is 12.9. The molecule has 0 saturated heterocycles. The smallest absolute Gasteiger partial charge is 0.157 e. The van der Waals surface area contributed by atoms with E-state index in [2.05, 4.69) is 85.5 Å². The van der Waals surface area contributed by atoms with Gasteiger partial charge in [0.2, 0.25) is 0 Å². The summed E-state index contributed by atoms with van der Waals surface area (Å²) in [6.07, 6.45) is 1.79. The fourth-order valence-corrected chi connectivity index (χ4v) is 3.03. The van der Waals surface area contributed by atoms with Crippen LogP contribution in [-0.2, 0) is 0 Å². The molecule has 0 fully saturated rings. The third kappa shape index (κ3) is 3.82. The van der Waals surface area contributed by atoms with E-state index in [1.165, 1.54) is 11.1 Å². The summed E-state index contributed by atoms with van der Waals surface area (Å²) in [5.41, 5.74) is 4.55. The average Bonchev–Trinajstić information content (AvgIpc) is 3.03. The zero-order valence-corrected chi connectivity index (χ0v) is 15.7. The second-order valence-corrected chi connectivity index (χ2v) is 7.10. The number of nitrogens with one attached hydrogen (secondary N) is 1. The molecule has 1 unspecified atom stereocenters. The zero-order chi connectivity index (χ0) is 18.0. The topological polar surface area (TPSA) is 45.5 Å². The highest BCUT2D eigenvalue weighted by molar-refractivity contribution is 5.49. The van der Waals surface area contributed by atoms with E-state index in [4.69, 9.17) is 0 Å². The van der Waals surface area contributed by atoms with Crippen LogP contribution in [0.5, 0.6) is 0 Å². The van der Waals surface area contributed by atoms with Crippen LogP contribution in [0.25, 0.3) is 5.65 Å². The molecule has 1 atom stereocenters. The van der Waals surface area contributed by atoms with Crippen molar-refractivity contribution in [3.63, 3.8) is 0 Å². The summed E-state index contributed by atoms with van der Waals surface area (Å²) in [5, 5.41) is 7.99. The first-order chi connectivity index (χ1) is 12.0. The molecule has 2 aromatic heterocycles. The number of fused-ring (bicyclic) bond motifs is 1. The summed E-state index contributed by atoms with van der Waals surface area (Å²) in [6, 6.07) is 13.0. The molecule has 132 valence electrons. The lowest BCUT2D eigenvalue weighted by molar-refractivity contribution is 0.311. The standard InChI is InChI=1S/C20H27N5/c1-14(2)17-12-20(25-19(23-17)9-10-22-25)21-13-18(24(4)5)16-8-6-7-15(3)11-16/h6-12,14,18,21H,13H2,1-5H3. The molecule has 5 nitrogen and oxygen atoms in total.